The van der Waals surface area contributed by atoms with Gasteiger partial charge in [0.25, 0.3) is 0 Å². The van der Waals surface area contributed by atoms with Crippen LogP contribution in [0.1, 0.15) is 30.9 Å². The number of amides is 1. The van der Waals surface area contributed by atoms with Gasteiger partial charge in [0, 0.05) is 44.2 Å². The Balaban J connectivity index is 1.69. The molecule has 9 nitrogen and oxygen atoms in total. The van der Waals surface area contributed by atoms with Crippen LogP contribution in [0, 0.1) is 12.7 Å². The zero-order valence-corrected chi connectivity index (χ0v) is 25.7. The van der Waals surface area contributed by atoms with Crippen LogP contribution in [0.25, 0.3) is 22.2 Å². The van der Waals surface area contributed by atoms with Crippen LogP contribution in [0.4, 0.5) is 29.2 Å². The minimum absolute atomic E-state index is 0.110. The Morgan fingerprint density at radius 3 is 2.59 bits per heavy atom. The van der Waals surface area contributed by atoms with Gasteiger partial charge in [-0.3, -0.25) is 4.79 Å². The molecule has 0 bridgehead atoms. The number of likely N-dealkylation sites (N-methyl/N-ethyl adjacent to an activating group) is 1. The highest BCUT2D eigenvalue weighted by molar-refractivity contribution is 6.34. The van der Waals surface area contributed by atoms with Crippen LogP contribution in [0.2, 0.25) is 5.02 Å². The van der Waals surface area contributed by atoms with Crippen molar-refractivity contribution in [3.8, 4) is 17.3 Å². The fourth-order valence-electron chi connectivity index (χ4n) is 5.96. The van der Waals surface area contributed by atoms with E-state index in [1.807, 2.05) is 18.9 Å². The molecule has 2 aliphatic heterocycles. The summed E-state index contributed by atoms with van der Waals surface area (Å²) in [4.78, 5) is 31.1. The van der Waals surface area contributed by atoms with Crippen LogP contribution in [0.3, 0.4) is 0 Å². The lowest BCUT2D eigenvalue weighted by molar-refractivity contribution is -0.137. The fraction of sp³-hybridized carbons (Fsp3) is 0.467. The van der Waals surface area contributed by atoms with Crippen molar-refractivity contribution < 1.29 is 27.1 Å². The molecular weight excluding hydrogens is 602 g/mol. The highest BCUT2D eigenvalue weighted by atomic mass is 35.5. The van der Waals surface area contributed by atoms with Gasteiger partial charge in [-0.25, -0.2) is 9.37 Å². The molecule has 0 aliphatic carbocycles. The average molecular weight is 636 g/mol. The Labute approximate surface area is 257 Å². The first-order valence-electron chi connectivity index (χ1n) is 14.3. The molecule has 0 radical (unpaired) electrons. The average Bonchev–Trinajstić information content (AvgIpc) is 3.38. The number of nitrogens with zero attached hydrogens (tertiary/aromatic N) is 6. The first-order chi connectivity index (χ1) is 20.8. The van der Waals surface area contributed by atoms with E-state index in [1.165, 1.54) is 32.2 Å². The number of carbonyl (C=O) groups excluding carboxylic acids is 1. The second-order valence-electron chi connectivity index (χ2n) is 11.2. The maximum absolute atomic E-state index is 16.6. The predicted octanol–water partition coefficient (Wildman–Crippen LogP) is 5.55. The van der Waals surface area contributed by atoms with Crippen LogP contribution in [-0.2, 0) is 11.0 Å². The van der Waals surface area contributed by atoms with Crippen molar-refractivity contribution >= 4 is 40.0 Å². The highest BCUT2D eigenvalue weighted by Gasteiger charge is 2.39. The Kier molecular flexibility index (Phi) is 8.90. The SMILES string of the molecule is C=CC(=O)N1CCN(c2nc(OCC3CCCN3C)nc3c(F)c(-c4nc(NC)cc(C)c4C(F)(F)F)c(Cl)cc23)C(C)C1. The van der Waals surface area contributed by atoms with Gasteiger partial charge in [0.2, 0.25) is 5.91 Å². The minimum Gasteiger partial charge on any atom is -0.462 e. The van der Waals surface area contributed by atoms with E-state index in [9.17, 15) is 18.0 Å². The molecule has 14 heteroatoms. The summed E-state index contributed by atoms with van der Waals surface area (Å²) >= 11 is 6.60. The first-order valence-corrected chi connectivity index (χ1v) is 14.7. The number of carbonyl (C=O) groups is 1. The van der Waals surface area contributed by atoms with E-state index < -0.39 is 28.8 Å². The monoisotopic (exact) mass is 635 g/mol. The summed E-state index contributed by atoms with van der Waals surface area (Å²) in [7, 11) is 3.49. The lowest BCUT2D eigenvalue weighted by Gasteiger charge is -2.40. The molecule has 1 N–H and O–H groups in total. The molecule has 4 heterocycles. The first kappa shape index (κ1) is 31.7. The number of aromatic nitrogens is 3. The van der Waals surface area contributed by atoms with Crippen LogP contribution < -0.4 is 15.0 Å². The number of benzene rings is 1. The summed E-state index contributed by atoms with van der Waals surface area (Å²) in [5.74, 6) is -0.855. The molecule has 236 valence electrons. The van der Waals surface area contributed by atoms with Crippen molar-refractivity contribution in [2.24, 2.45) is 0 Å². The number of alkyl halides is 3. The number of likely N-dealkylation sites (tertiary alicyclic amines) is 1. The van der Waals surface area contributed by atoms with Crippen molar-refractivity contribution in [2.75, 3.05) is 57.1 Å². The summed E-state index contributed by atoms with van der Waals surface area (Å²) in [6, 6.07) is 2.36. The van der Waals surface area contributed by atoms with E-state index in [4.69, 9.17) is 16.3 Å². The molecule has 2 aliphatic rings. The normalized spacial score (nSPS) is 19.5. The molecule has 2 aromatic heterocycles. The number of anilines is 2. The molecule has 2 fully saturated rings. The Morgan fingerprint density at radius 2 is 1.98 bits per heavy atom. The Morgan fingerprint density at radius 1 is 1.23 bits per heavy atom. The van der Waals surface area contributed by atoms with E-state index in [-0.39, 0.29) is 57.9 Å². The number of ether oxygens (including phenoxy) is 1. The van der Waals surface area contributed by atoms with Gasteiger partial charge < -0.3 is 24.8 Å². The summed E-state index contributed by atoms with van der Waals surface area (Å²) in [6.45, 7) is 8.96. The van der Waals surface area contributed by atoms with Crippen molar-refractivity contribution in [3.05, 3.63) is 46.8 Å². The van der Waals surface area contributed by atoms with Gasteiger partial charge in [0.15, 0.2) is 5.82 Å². The van der Waals surface area contributed by atoms with Gasteiger partial charge in [0.05, 0.1) is 21.8 Å². The highest BCUT2D eigenvalue weighted by Crippen LogP contribution is 2.45. The van der Waals surface area contributed by atoms with Crippen molar-refractivity contribution in [1.29, 1.82) is 0 Å². The van der Waals surface area contributed by atoms with Crippen LogP contribution in [0.15, 0.2) is 24.8 Å². The zero-order chi connectivity index (χ0) is 31.9. The molecular formula is C30H34ClF4N7O2. The van der Waals surface area contributed by atoms with E-state index >= 15 is 4.39 Å². The second-order valence-corrected chi connectivity index (χ2v) is 11.6. The van der Waals surface area contributed by atoms with Gasteiger partial charge >= 0.3 is 12.2 Å². The molecule has 44 heavy (non-hydrogen) atoms. The summed E-state index contributed by atoms with van der Waals surface area (Å²) in [6.07, 6.45) is -1.66. The largest absolute Gasteiger partial charge is 0.462 e. The summed E-state index contributed by atoms with van der Waals surface area (Å²) < 4.78 is 65.5. The number of halogens is 5. The standard InChI is InChI=1S/C30H34ClF4N7O2/c1-6-22(43)41-10-11-42(17(3)14-41)28-19-13-20(31)23(27-24(30(33,34)35)16(2)12-21(36-4)37-27)25(32)26(19)38-29(39-28)44-15-18-8-7-9-40(18)5/h6,12-13,17-18H,1,7-11,14-15H2,2-5H3,(H,36,37). The quantitative estimate of drug-likeness (QED) is 0.267. The number of hydrogen-bond acceptors (Lipinski definition) is 8. The van der Waals surface area contributed by atoms with E-state index in [0.29, 0.717) is 25.5 Å². The van der Waals surface area contributed by atoms with Crippen molar-refractivity contribution in [2.45, 2.75) is 44.9 Å². The van der Waals surface area contributed by atoms with Crippen LogP contribution >= 0.6 is 11.6 Å². The number of hydrogen-bond donors (Lipinski definition) is 1. The Bertz CT molecular complexity index is 1600. The van der Waals surface area contributed by atoms with Gasteiger partial charge in [-0.1, -0.05) is 18.2 Å². The number of pyridine rings is 1. The van der Waals surface area contributed by atoms with E-state index in [2.05, 4.69) is 31.7 Å². The molecule has 0 spiro atoms. The number of rotatable bonds is 7. The van der Waals surface area contributed by atoms with Crippen molar-refractivity contribution in [1.82, 2.24) is 24.8 Å². The number of aryl methyl sites for hydroxylation is 1. The molecule has 0 saturated carbocycles. The van der Waals surface area contributed by atoms with Crippen LogP contribution in [-0.4, -0.2) is 89.6 Å². The lowest BCUT2D eigenvalue weighted by atomic mass is 9.98. The van der Waals surface area contributed by atoms with Gasteiger partial charge in [-0.15, -0.1) is 0 Å². The van der Waals surface area contributed by atoms with Crippen LogP contribution in [0.5, 0.6) is 6.01 Å². The number of nitrogens with one attached hydrogen (secondary N) is 1. The van der Waals surface area contributed by atoms with Gasteiger partial charge in [-0.2, -0.15) is 23.1 Å². The maximum Gasteiger partial charge on any atom is 0.418 e. The fourth-order valence-corrected chi connectivity index (χ4v) is 6.24. The van der Waals surface area contributed by atoms with Crippen molar-refractivity contribution in [3.63, 3.8) is 0 Å². The minimum atomic E-state index is -4.83. The molecule has 2 atom stereocenters. The summed E-state index contributed by atoms with van der Waals surface area (Å²) in [5.41, 5.74) is -2.65. The molecule has 5 rings (SSSR count). The number of piperazine rings is 1. The third-order valence-electron chi connectivity index (χ3n) is 8.30. The summed E-state index contributed by atoms with van der Waals surface area (Å²) in [5, 5.41) is 2.65. The molecule has 3 aromatic rings. The molecule has 2 saturated heterocycles. The maximum atomic E-state index is 16.6. The molecule has 1 amide bonds. The second kappa shape index (κ2) is 12.4. The Hall–Kier alpha value is -3.71. The third kappa shape index (κ3) is 5.99. The van der Waals surface area contributed by atoms with E-state index in [1.54, 1.807) is 4.90 Å². The predicted molar refractivity (Wildman–Crippen MR) is 162 cm³/mol. The van der Waals surface area contributed by atoms with E-state index in [0.717, 1.165) is 19.4 Å². The smallest absolute Gasteiger partial charge is 0.418 e. The van der Waals surface area contributed by atoms with Gasteiger partial charge in [-0.05, 0) is 64.1 Å². The molecule has 1 aromatic carbocycles. The topological polar surface area (TPSA) is 86.7 Å². The third-order valence-corrected chi connectivity index (χ3v) is 8.60. The lowest BCUT2D eigenvalue weighted by Crippen LogP contribution is -2.53. The number of fused-ring (bicyclic) bond motifs is 1. The zero-order valence-electron chi connectivity index (χ0n) is 24.9. The molecule has 2 unspecified atom stereocenters. The van der Waals surface area contributed by atoms with Gasteiger partial charge in [0.1, 0.15) is 23.8 Å².